The standard InChI is InChI=1S/C14H17N.2C12H18.C11H17N/c1-10(2)8-13-9-12-6-4-5-7-14(12)15-11(13)3;1-9(2)7-12-6-5-10(3)8-11(12)4;1-9(2)7-12-8-10(3)5-6-11(12)4;1-8(2)5-11-6-9(3)7-12-10(11)4/h4-7,9-10H,8H2,1-3H3;2*5-6,8-9H,7H2,1-4H3;6-8H,5H2,1-4H3. The molecule has 0 aliphatic carbocycles. The van der Waals surface area contributed by atoms with E-state index < -0.39 is 0 Å². The largest absolute Gasteiger partial charge is 0.261 e. The van der Waals surface area contributed by atoms with Crippen molar-refractivity contribution in [1.82, 2.24) is 9.97 Å². The van der Waals surface area contributed by atoms with Gasteiger partial charge in [0.2, 0.25) is 0 Å². The lowest BCUT2D eigenvalue weighted by Gasteiger charge is -2.09. The van der Waals surface area contributed by atoms with Crippen LogP contribution < -0.4 is 0 Å². The fourth-order valence-electron chi connectivity index (χ4n) is 6.22. The van der Waals surface area contributed by atoms with Gasteiger partial charge in [0.1, 0.15) is 0 Å². The van der Waals surface area contributed by atoms with Gasteiger partial charge in [0.05, 0.1) is 5.52 Å². The van der Waals surface area contributed by atoms with E-state index in [1.54, 1.807) is 0 Å². The SMILES string of the molecule is Cc1ccc(C)c(CC(C)C)c1.Cc1ccc(CC(C)C)c(C)c1.Cc1cnc(C)c(CC(C)C)c1.Cc1nc2ccccc2cc1CC(C)C. The van der Waals surface area contributed by atoms with E-state index in [2.05, 4.69) is 181 Å². The zero-order chi connectivity index (χ0) is 38.2. The summed E-state index contributed by atoms with van der Waals surface area (Å²) in [6.45, 7) is 33.0. The number of rotatable bonds is 8. The molecule has 0 unspecified atom stereocenters. The fourth-order valence-corrected chi connectivity index (χ4v) is 6.22. The van der Waals surface area contributed by atoms with Gasteiger partial charge in [-0.2, -0.15) is 0 Å². The molecule has 3 aromatic carbocycles. The summed E-state index contributed by atoms with van der Waals surface area (Å²) in [5.74, 6) is 2.91. The van der Waals surface area contributed by atoms with Crippen LogP contribution in [0.15, 0.2) is 79.0 Å². The smallest absolute Gasteiger partial charge is 0.0705 e. The van der Waals surface area contributed by atoms with Crippen LogP contribution in [0.1, 0.15) is 117 Å². The molecule has 2 heterocycles. The normalized spacial score (nSPS) is 10.9. The molecule has 2 heteroatoms. The van der Waals surface area contributed by atoms with Crippen molar-refractivity contribution in [2.24, 2.45) is 23.7 Å². The third-order valence-electron chi connectivity index (χ3n) is 8.86. The Morgan fingerprint density at radius 2 is 0.922 bits per heavy atom. The van der Waals surface area contributed by atoms with Gasteiger partial charge in [-0.25, -0.2) is 0 Å². The maximum absolute atomic E-state index is 4.63. The molecule has 0 aliphatic rings. The van der Waals surface area contributed by atoms with Gasteiger partial charge >= 0.3 is 0 Å². The van der Waals surface area contributed by atoms with Crippen LogP contribution in [0.25, 0.3) is 10.9 Å². The molecule has 2 nitrogen and oxygen atoms in total. The number of hydrogen-bond donors (Lipinski definition) is 0. The maximum Gasteiger partial charge on any atom is 0.0705 e. The Kier molecular flexibility index (Phi) is 18.3. The number of aryl methyl sites for hydroxylation is 7. The van der Waals surface area contributed by atoms with Crippen molar-refractivity contribution in [3.8, 4) is 0 Å². The van der Waals surface area contributed by atoms with Gasteiger partial charge in [-0.3, -0.25) is 9.97 Å². The molecular weight excluding hydrogens is 617 g/mol. The summed E-state index contributed by atoms with van der Waals surface area (Å²) in [7, 11) is 0. The number of fused-ring (bicyclic) bond motifs is 1. The molecule has 0 bridgehead atoms. The van der Waals surface area contributed by atoms with Crippen LogP contribution in [0.5, 0.6) is 0 Å². The molecule has 51 heavy (non-hydrogen) atoms. The second-order valence-corrected chi connectivity index (χ2v) is 16.4. The second kappa shape index (κ2) is 21.6. The summed E-state index contributed by atoms with van der Waals surface area (Å²) in [6, 6.07) is 26.2. The number of para-hydroxylation sites is 1. The van der Waals surface area contributed by atoms with Crippen LogP contribution in [0.3, 0.4) is 0 Å². The zero-order valence-corrected chi connectivity index (χ0v) is 35.0. The van der Waals surface area contributed by atoms with Crippen LogP contribution in [-0.2, 0) is 25.7 Å². The lowest BCUT2D eigenvalue weighted by molar-refractivity contribution is 0.642. The first kappa shape index (κ1) is 43.4. The van der Waals surface area contributed by atoms with Crippen molar-refractivity contribution >= 4 is 10.9 Å². The van der Waals surface area contributed by atoms with Gasteiger partial charge in [0.25, 0.3) is 0 Å². The third-order valence-corrected chi connectivity index (χ3v) is 8.86. The lowest BCUT2D eigenvalue weighted by Crippen LogP contribution is -1.99. The molecule has 0 saturated carbocycles. The molecule has 5 aromatic rings. The van der Waals surface area contributed by atoms with E-state index in [1.165, 1.54) is 79.7 Å². The van der Waals surface area contributed by atoms with E-state index in [9.17, 15) is 0 Å². The van der Waals surface area contributed by atoms with Crippen LogP contribution in [0.4, 0.5) is 0 Å². The van der Waals surface area contributed by atoms with E-state index in [1.807, 2.05) is 12.3 Å². The third kappa shape index (κ3) is 16.4. The summed E-state index contributed by atoms with van der Waals surface area (Å²) < 4.78 is 0. The summed E-state index contributed by atoms with van der Waals surface area (Å²) in [4.78, 5) is 8.96. The zero-order valence-electron chi connectivity index (χ0n) is 35.0. The maximum atomic E-state index is 4.63. The van der Waals surface area contributed by atoms with Crippen molar-refractivity contribution in [3.05, 3.63) is 140 Å². The molecule has 0 radical (unpaired) electrons. The van der Waals surface area contributed by atoms with Gasteiger partial charge in [-0.15, -0.1) is 0 Å². The van der Waals surface area contributed by atoms with Crippen molar-refractivity contribution in [2.75, 3.05) is 0 Å². The number of nitrogens with zero attached hydrogens (tertiary/aromatic N) is 2. The predicted molar refractivity (Wildman–Crippen MR) is 226 cm³/mol. The minimum absolute atomic E-state index is 0.687. The van der Waals surface area contributed by atoms with E-state index >= 15 is 0 Å². The van der Waals surface area contributed by atoms with Crippen LogP contribution in [0, 0.1) is 72.1 Å². The van der Waals surface area contributed by atoms with Crippen molar-refractivity contribution in [1.29, 1.82) is 0 Å². The number of pyridine rings is 2. The Hall–Kier alpha value is -3.78. The molecule has 276 valence electrons. The van der Waals surface area contributed by atoms with Gasteiger partial charge in [-0.05, 0) is 149 Å². The van der Waals surface area contributed by atoms with Crippen molar-refractivity contribution in [3.63, 3.8) is 0 Å². The summed E-state index contributed by atoms with van der Waals surface area (Å²) in [6.07, 6.45) is 6.59. The van der Waals surface area contributed by atoms with E-state index in [-0.39, 0.29) is 0 Å². The Balaban J connectivity index is 0.000000237. The van der Waals surface area contributed by atoms with Gasteiger partial charge < -0.3 is 0 Å². The molecular formula is C49H70N2. The molecule has 2 aromatic heterocycles. The van der Waals surface area contributed by atoms with E-state index in [0.29, 0.717) is 11.8 Å². The minimum Gasteiger partial charge on any atom is -0.261 e. The van der Waals surface area contributed by atoms with Gasteiger partial charge in [0, 0.05) is 23.0 Å². The first-order chi connectivity index (χ1) is 23.9. The molecule has 0 fully saturated rings. The Bertz CT molecular complexity index is 1720. The van der Waals surface area contributed by atoms with Crippen LogP contribution in [0.2, 0.25) is 0 Å². The Morgan fingerprint density at radius 3 is 1.51 bits per heavy atom. The second-order valence-electron chi connectivity index (χ2n) is 16.4. The first-order valence-corrected chi connectivity index (χ1v) is 19.3. The van der Waals surface area contributed by atoms with Crippen molar-refractivity contribution < 1.29 is 0 Å². The predicted octanol–water partition coefficient (Wildman–Crippen LogP) is 13.6. The molecule has 5 rings (SSSR count). The average Bonchev–Trinajstić information content (AvgIpc) is 3.03. The fraction of sp³-hybridized carbons (Fsp3) is 0.469. The molecule has 0 N–H and O–H groups in total. The van der Waals surface area contributed by atoms with Gasteiger partial charge in [-0.1, -0.05) is 127 Å². The summed E-state index contributed by atoms with van der Waals surface area (Å²) in [5, 5.41) is 1.25. The highest BCUT2D eigenvalue weighted by atomic mass is 14.7. The Morgan fingerprint density at radius 1 is 0.431 bits per heavy atom. The number of hydrogen-bond acceptors (Lipinski definition) is 2. The summed E-state index contributed by atoms with van der Waals surface area (Å²) in [5.41, 5.74) is 16.1. The highest BCUT2D eigenvalue weighted by molar-refractivity contribution is 5.79. The lowest BCUT2D eigenvalue weighted by atomic mass is 9.97. The monoisotopic (exact) mass is 687 g/mol. The van der Waals surface area contributed by atoms with Crippen LogP contribution in [-0.4, -0.2) is 9.97 Å². The molecule has 0 saturated heterocycles. The molecule has 0 atom stereocenters. The minimum atomic E-state index is 0.687. The molecule has 0 spiro atoms. The summed E-state index contributed by atoms with van der Waals surface area (Å²) >= 11 is 0. The van der Waals surface area contributed by atoms with Gasteiger partial charge in [0.15, 0.2) is 0 Å². The van der Waals surface area contributed by atoms with Crippen LogP contribution >= 0.6 is 0 Å². The first-order valence-electron chi connectivity index (χ1n) is 19.3. The molecule has 0 amide bonds. The average molecular weight is 687 g/mol. The number of benzene rings is 3. The molecule has 0 aliphatic heterocycles. The quantitative estimate of drug-likeness (QED) is 0.162. The number of aromatic nitrogens is 2. The topological polar surface area (TPSA) is 25.8 Å². The van der Waals surface area contributed by atoms with E-state index in [0.717, 1.165) is 30.2 Å². The van der Waals surface area contributed by atoms with Crippen molar-refractivity contribution in [2.45, 2.75) is 130 Å². The van der Waals surface area contributed by atoms with E-state index in [4.69, 9.17) is 0 Å². The Labute approximate surface area is 313 Å². The highest BCUT2D eigenvalue weighted by Crippen LogP contribution is 2.19. The highest BCUT2D eigenvalue weighted by Gasteiger charge is 2.06.